The molecule has 2 aliphatic rings. The first-order valence-electron chi connectivity index (χ1n) is 11.4. The van der Waals surface area contributed by atoms with Crippen LogP contribution in [0.5, 0.6) is 0 Å². The largest absolute Gasteiger partial charge is 0.480 e. The molecular weight excluding hydrogens is 636 g/mol. The average molecular weight is 662 g/mol. The maximum absolute atomic E-state index is 13.6. The standard InChI is InChI=1S/C24H26Br2N2O6S2/c1-4-34-23(27-35(30,31)18-11-5-15(2)6-12-18)20(25)21-24(26,22(29)17-9-10-17)28(21)36(32,33)19-13-7-16(3)8-14-19/h5-8,11-14,17,20-21H,4,9-10H2,1-3H3/b27-23+/t20-,21-,24+,28?/m0/s1. The van der Waals surface area contributed by atoms with Gasteiger partial charge < -0.3 is 4.74 Å². The third-order valence-corrected chi connectivity index (χ3v) is 11.7. The van der Waals surface area contributed by atoms with Crippen molar-refractivity contribution in [3.8, 4) is 0 Å². The van der Waals surface area contributed by atoms with Crippen LogP contribution in [0.2, 0.25) is 0 Å². The molecule has 1 saturated carbocycles. The van der Waals surface area contributed by atoms with Crippen LogP contribution in [-0.2, 0) is 29.6 Å². The fourth-order valence-corrected chi connectivity index (χ4v) is 9.82. The molecule has 2 aromatic carbocycles. The number of hydrogen-bond donors (Lipinski definition) is 0. The van der Waals surface area contributed by atoms with Crippen molar-refractivity contribution in [2.24, 2.45) is 10.3 Å². The second kappa shape index (κ2) is 9.94. The van der Waals surface area contributed by atoms with Crippen molar-refractivity contribution >= 4 is 63.6 Å². The zero-order valence-corrected chi connectivity index (χ0v) is 24.7. The topological polar surface area (TPSA) is 110 Å². The number of Topliss-reactive ketones (excluding diaryl/α,β-unsaturated/α-hetero) is 1. The van der Waals surface area contributed by atoms with Gasteiger partial charge in [0.05, 0.1) is 22.4 Å². The maximum Gasteiger partial charge on any atom is 0.285 e. The summed E-state index contributed by atoms with van der Waals surface area (Å²) in [5.74, 6) is -0.740. The van der Waals surface area contributed by atoms with Gasteiger partial charge in [0.2, 0.25) is 15.9 Å². The highest BCUT2D eigenvalue weighted by Crippen LogP contribution is 2.58. The molecule has 0 radical (unpaired) electrons. The zero-order valence-electron chi connectivity index (χ0n) is 19.9. The summed E-state index contributed by atoms with van der Waals surface area (Å²) in [6.07, 6.45) is 1.36. The Kier molecular flexibility index (Phi) is 7.57. The number of nitrogens with zero attached hydrogens (tertiary/aromatic N) is 2. The molecule has 8 nitrogen and oxygen atoms in total. The molecule has 0 spiro atoms. The lowest BCUT2D eigenvalue weighted by Gasteiger charge is -2.14. The molecule has 1 saturated heterocycles. The Balaban J connectivity index is 1.75. The molecule has 1 aliphatic heterocycles. The van der Waals surface area contributed by atoms with Gasteiger partial charge in [-0.1, -0.05) is 67.3 Å². The van der Waals surface area contributed by atoms with Crippen LogP contribution in [-0.4, -0.2) is 54.7 Å². The van der Waals surface area contributed by atoms with Crippen molar-refractivity contribution < 1.29 is 26.4 Å². The first-order valence-corrected chi connectivity index (χ1v) is 16.0. The summed E-state index contributed by atoms with van der Waals surface area (Å²) in [4.78, 5) is 12.3. The monoisotopic (exact) mass is 660 g/mol. The zero-order chi connectivity index (χ0) is 26.5. The van der Waals surface area contributed by atoms with E-state index in [4.69, 9.17) is 4.74 Å². The lowest BCUT2D eigenvalue weighted by atomic mass is 10.1. The van der Waals surface area contributed by atoms with Gasteiger partial charge in [0.15, 0.2) is 10.2 Å². The van der Waals surface area contributed by atoms with E-state index in [0.29, 0.717) is 12.8 Å². The first-order chi connectivity index (χ1) is 16.8. The lowest BCUT2D eigenvalue weighted by Crippen LogP contribution is -2.31. The SMILES string of the molecule is CCO/C(=N/S(=O)(=O)c1ccc(C)cc1)[C@@H](Br)[C@@H]1N(S(=O)(=O)c2ccc(C)cc2)[C@@]1(Br)C(=O)C1CC1. The lowest BCUT2D eigenvalue weighted by molar-refractivity contribution is -0.120. The van der Waals surface area contributed by atoms with Crippen LogP contribution in [0.15, 0.2) is 62.7 Å². The number of ketones is 1. The van der Waals surface area contributed by atoms with Gasteiger partial charge in [-0.15, -0.1) is 4.40 Å². The number of benzene rings is 2. The van der Waals surface area contributed by atoms with Gasteiger partial charge in [-0.25, -0.2) is 8.42 Å². The molecule has 0 amide bonds. The molecule has 2 aromatic rings. The molecule has 0 aromatic heterocycles. The van der Waals surface area contributed by atoms with E-state index in [2.05, 4.69) is 36.3 Å². The van der Waals surface area contributed by atoms with Crippen molar-refractivity contribution in [3.05, 3.63) is 59.7 Å². The van der Waals surface area contributed by atoms with E-state index in [1.807, 2.05) is 13.8 Å². The Labute approximate surface area is 228 Å². The third kappa shape index (κ3) is 5.07. The van der Waals surface area contributed by atoms with Gasteiger partial charge in [0.25, 0.3) is 10.0 Å². The number of sulfonamides is 2. The third-order valence-electron chi connectivity index (χ3n) is 6.10. The predicted molar refractivity (Wildman–Crippen MR) is 144 cm³/mol. The summed E-state index contributed by atoms with van der Waals surface area (Å²) >= 11 is 6.87. The second-order valence-electron chi connectivity index (χ2n) is 8.92. The van der Waals surface area contributed by atoms with Crippen LogP contribution in [0, 0.1) is 19.8 Å². The van der Waals surface area contributed by atoms with E-state index in [9.17, 15) is 21.6 Å². The number of aryl methyl sites for hydroxylation is 2. The van der Waals surface area contributed by atoms with E-state index in [1.165, 1.54) is 24.3 Å². The molecule has 1 unspecified atom stereocenters. The van der Waals surface area contributed by atoms with E-state index >= 15 is 0 Å². The molecule has 0 bridgehead atoms. The van der Waals surface area contributed by atoms with Gasteiger partial charge in [0.1, 0.15) is 4.83 Å². The summed E-state index contributed by atoms with van der Waals surface area (Å²) in [5.41, 5.74) is 1.78. The molecule has 2 fully saturated rings. The number of ether oxygens (including phenoxy) is 1. The molecular formula is C24H26Br2N2O6S2. The Hall–Kier alpha value is -1.60. The summed E-state index contributed by atoms with van der Waals surface area (Å²) in [5, 5.41) is 0. The summed E-state index contributed by atoms with van der Waals surface area (Å²) in [6, 6.07) is 11.5. The van der Waals surface area contributed by atoms with Crippen LogP contribution >= 0.6 is 31.9 Å². The molecule has 4 atom stereocenters. The number of carbonyl (C=O) groups excluding carboxylic acids is 1. The number of carbonyl (C=O) groups is 1. The number of alkyl halides is 2. The van der Waals surface area contributed by atoms with Crippen LogP contribution in [0.3, 0.4) is 0 Å². The fraction of sp³-hybridized carbons (Fsp3) is 0.417. The van der Waals surface area contributed by atoms with Crippen LogP contribution < -0.4 is 0 Å². The van der Waals surface area contributed by atoms with Gasteiger partial charge in [-0.2, -0.15) is 12.7 Å². The van der Waals surface area contributed by atoms with E-state index in [1.54, 1.807) is 31.2 Å². The van der Waals surface area contributed by atoms with Crippen molar-refractivity contribution in [1.29, 1.82) is 0 Å². The Morgan fingerprint density at radius 3 is 2.00 bits per heavy atom. The number of rotatable bonds is 9. The predicted octanol–water partition coefficient (Wildman–Crippen LogP) is 4.33. The smallest absolute Gasteiger partial charge is 0.285 e. The first kappa shape index (κ1) is 27.4. The summed E-state index contributed by atoms with van der Waals surface area (Å²) in [6.45, 7) is 5.43. The molecule has 1 heterocycles. The minimum atomic E-state index is -4.16. The molecule has 4 rings (SSSR count). The normalized spacial score (nSPS) is 25.3. The van der Waals surface area contributed by atoms with Crippen molar-refractivity contribution in [2.75, 3.05) is 6.61 Å². The van der Waals surface area contributed by atoms with Gasteiger partial charge in [0, 0.05) is 5.92 Å². The fourth-order valence-electron chi connectivity index (χ4n) is 3.93. The van der Waals surface area contributed by atoms with Gasteiger partial charge in [-0.3, -0.25) is 4.79 Å². The molecule has 12 heteroatoms. The van der Waals surface area contributed by atoms with E-state index in [-0.39, 0.29) is 34.0 Å². The minimum Gasteiger partial charge on any atom is -0.480 e. The van der Waals surface area contributed by atoms with E-state index in [0.717, 1.165) is 15.4 Å². The maximum atomic E-state index is 13.6. The number of hydrogen-bond acceptors (Lipinski definition) is 6. The summed E-state index contributed by atoms with van der Waals surface area (Å²) in [7, 11) is -8.26. The quantitative estimate of drug-likeness (QED) is 0.130. The highest BCUT2D eigenvalue weighted by molar-refractivity contribution is 9.11. The van der Waals surface area contributed by atoms with Crippen molar-refractivity contribution in [3.63, 3.8) is 0 Å². The Morgan fingerprint density at radius 1 is 1.03 bits per heavy atom. The van der Waals surface area contributed by atoms with Crippen molar-refractivity contribution in [2.45, 2.75) is 58.7 Å². The highest BCUT2D eigenvalue weighted by atomic mass is 79.9. The molecule has 0 N–H and O–H groups in total. The van der Waals surface area contributed by atoms with Crippen molar-refractivity contribution in [1.82, 2.24) is 4.31 Å². The van der Waals surface area contributed by atoms with Gasteiger partial charge in [-0.05, 0) is 57.9 Å². The Morgan fingerprint density at radius 2 is 1.53 bits per heavy atom. The molecule has 1 aliphatic carbocycles. The average Bonchev–Trinajstić information content (AvgIpc) is 3.74. The van der Waals surface area contributed by atoms with Gasteiger partial charge >= 0.3 is 0 Å². The van der Waals surface area contributed by atoms with Crippen LogP contribution in [0.4, 0.5) is 0 Å². The number of halogens is 2. The Bertz CT molecular complexity index is 1410. The van der Waals surface area contributed by atoms with E-state index < -0.39 is 35.4 Å². The van der Waals surface area contributed by atoms with Crippen LogP contribution in [0.1, 0.15) is 30.9 Å². The molecule has 194 valence electrons. The molecule has 36 heavy (non-hydrogen) atoms. The minimum absolute atomic E-state index is 0.0240. The highest BCUT2D eigenvalue weighted by Gasteiger charge is 2.75. The van der Waals surface area contributed by atoms with Crippen LogP contribution in [0.25, 0.3) is 0 Å². The second-order valence-corrected chi connectivity index (χ2v) is 14.5. The summed E-state index contributed by atoms with van der Waals surface area (Å²) < 4.78 is 62.3.